The quantitative estimate of drug-likeness (QED) is 0.737. The standard InChI is InChI=1S/C14H14N4/c1-10-12(7-8-13-14(10)17-18-16-13)15-9-11-5-3-2-4-6-11/h2-8,15H,9H2,1H3,(H,16,17,18). The van der Waals surface area contributed by atoms with Gasteiger partial charge in [0, 0.05) is 17.8 Å². The van der Waals surface area contributed by atoms with Crippen molar-refractivity contribution in [2.75, 3.05) is 5.32 Å². The van der Waals surface area contributed by atoms with E-state index in [1.807, 2.05) is 30.3 Å². The van der Waals surface area contributed by atoms with Crippen LogP contribution in [0.2, 0.25) is 0 Å². The number of nitrogens with zero attached hydrogens (tertiary/aromatic N) is 2. The van der Waals surface area contributed by atoms with Gasteiger partial charge in [0.1, 0.15) is 11.0 Å². The molecule has 2 N–H and O–H groups in total. The molecule has 3 aromatic rings. The Morgan fingerprint density at radius 2 is 1.89 bits per heavy atom. The Hall–Kier alpha value is -2.36. The lowest BCUT2D eigenvalue weighted by atomic mass is 10.1. The van der Waals surface area contributed by atoms with E-state index < -0.39 is 0 Å². The Morgan fingerprint density at radius 1 is 1.06 bits per heavy atom. The fourth-order valence-corrected chi connectivity index (χ4v) is 2.03. The first-order chi connectivity index (χ1) is 8.84. The first kappa shape index (κ1) is 10.8. The van der Waals surface area contributed by atoms with Crippen LogP contribution in [-0.2, 0) is 6.54 Å². The third-order valence-electron chi connectivity index (χ3n) is 3.07. The van der Waals surface area contributed by atoms with Gasteiger partial charge in [0.05, 0.1) is 0 Å². The summed E-state index contributed by atoms with van der Waals surface area (Å²) in [4.78, 5) is 0. The van der Waals surface area contributed by atoms with E-state index in [-0.39, 0.29) is 0 Å². The molecule has 0 saturated heterocycles. The number of hydrogen-bond donors (Lipinski definition) is 2. The highest BCUT2D eigenvalue weighted by Crippen LogP contribution is 2.22. The molecule has 3 rings (SSSR count). The van der Waals surface area contributed by atoms with E-state index in [4.69, 9.17) is 0 Å². The molecule has 0 amide bonds. The number of aryl methyl sites for hydroxylation is 1. The lowest BCUT2D eigenvalue weighted by Crippen LogP contribution is -2.01. The summed E-state index contributed by atoms with van der Waals surface area (Å²) in [7, 11) is 0. The number of aromatic nitrogens is 3. The number of aromatic amines is 1. The van der Waals surface area contributed by atoms with Crippen molar-refractivity contribution in [1.82, 2.24) is 15.4 Å². The molecule has 0 unspecified atom stereocenters. The van der Waals surface area contributed by atoms with Crippen molar-refractivity contribution >= 4 is 16.7 Å². The van der Waals surface area contributed by atoms with E-state index in [2.05, 4.69) is 39.8 Å². The number of benzene rings is 2. The molecule has 0 atom stereocenters. The molecule has 2 aromatic carbocycles. The van der Waals surface area contributed by atoms with Gasteiger partial charge in [0.25, 0.3) is 0 Å². The number of fused-ring (bicyclic) bond motifs is 1. The van der Waals surface area contributed by atoms with Gasteiger partial charge < -0.3 is 5.32 Å². The Balaban J connectivity index is 1.84. The lowest BCUT2D eigenvalue weighted by molar-refractivity contribution is 0.958. The molecule has 90 valence electrons. The first-order valence-electron chi connectivity index (χ1n) is 5.92. The second kappa shape index (κ2) is 4.49. The minimum Gasteiger partial charge on any atom is -0.381 e. The molecule has 0 aliphatic heterocycles. The van der Waals surface area contributed by atoms with Crippen molar-refractivity contribution in [3.05, 3.63) is 53.6 Å². The third-order valence-corrected chi connectivity index (χ3v) is 3.07. The summed E-state index contributed by atoms with van der Waals surface area (Å²) in [6.07, 6.45) is 0. The van der Waals surface area contributed by atoms with Crippen molar-refractivity contribution in [3.63, 3.8) is 0 Å². The summed E-state index contributed by atoms with van der Waals surface area (Å²) in [5.74, 6) is 0. The number of hydrogen-bond acceptors (Lipinski definition) is 3. The number of H-pyrrole nitrogens is 1. The molecule has 0 radical (unpaired) electrons. The number of rotatable bonds is 3. The minimum atomic E-state index is 0.811. The van der Waals surface area contributed by atoms with Crippen LogP contribution in [0.1, 0.15) is 11.1 Å². The smallest absolute Gasteiger partial charge is 0.117 e. The predicted octanol–water partition coefficient (Wildman–Crippen LogP) is 2.88. The molecule has 0 fully saturated rings. The maximum Gasteiger partial charge on any atom is 0.117 e. The molecular formula is C14H14N4. The molecule has 4 heteroatoms. The van der Waals surface area contributed by atoms with Crippen LogP contribution in [0, 0.1) is 6.92 Å². The van der Waals surface area contributed by atoms with Crippen LogP contribution in [0.3, 0.4) is 0 Å². The highest BCUT2D eigenvalue weighted by atomic mass is 15.3. The maximum atomic E-state index is 4.16. The van der Waals surface area contributed by atoms with E-state index in [1.165, 1.54) is 5.56 Å². The average molecular weight is 238 g/mol. The summed E-state index contributed by atoms with van der Waals surface area (Å²) >= 11 is 0. The lowest BCUT2D eigenvalue weighted by Gasteiger charge is -2.09. The van der Waals surface area contributed by atoms with Crippen LogP contribution >= 0.6 is 0 Å². The van der Waals surface area contributed by atoms with Crippen molar-refractivity contribution < 1.29 is 0 Å². The molecule has 0 aliphatic carbocycles. The summed E-state index contributed by atoms with van der Waals surface area (Å²) < 4.78 is 0. The summed E-state index contributed by atoms with van der Waals surface area (Å²) in [6, 6.07) is 14.3. The summed E-state index contributed by atoms with van der Waals surface area (Å²) in [5, 5.41) is 14.3. The molecule has 0 aliphatic rings. The predicted molar refractivity (Wildman–Crippen MR) is 72.4 cm³/mol. The van der Waals surface area contributed by atoms with Gasteiger partial charge in [-0.3, -0.25) is 0 Å². The van der Waals surface area contributed by atoms with Crippen molar-refractivity contribution in [3.8, 4) is 0 Å². The van der Waals surface area contributed by atoms with E-state index in [0.717, 1.165) is 28.8 Å². The molecule has 0 spiro atoms. The zero-order valence-corrected chi connectivity index (χ0v) is 10.1. The van der Waals surface area contributed by atoms with Crippen molar-refractivity contribution in [2.24, 2.45) is 0 Å². The molecule has 1 aromatic heterocycles. The number of anilines is 1. The van der Waals surface area contributed by atoms with Gasteiger partial charge >= 0.3 is 0 Å². The van der Waals surface area contributed by atoms with Crippen LogP contribution < -0.4 is 5.32 Å². The van der Waals surface area contributed by atoms with Gasteiger partial charge in [0.2, 0.25) is 0 Å². The van der Waals surface area contributed by atoms with E-state index in [1.54, 1.807) is 0 Å². The highest BCUT2D eigenvalue weighted by Gasteiger charge is 2.06. The molecule has 18 heavy (non-hydrogen) atoms. The normalized spacial score (nSPS) is 10.7. The highest BCUT2D eigenvalue weighted by molar-refractivity contribution is 5.83. The largest absolute Gasteiger partial charge is 0.381 e. The molecule has 0 saturated carbocycles. The first-order valence-corrected chi connectivity index (χ1v) is 5.92. The molecule has 0 bridgehead atoms. The van der Waals surface area contributed by atoms with E-state index >= 15 is 0 Å². The van der Waals surface area contributed by atoms with Gasteiger partial charge in [-0.1, -0.05) is 30.3 Å². The van der Waals surface area contributed by atoms with Crippen molar-refractivity contribution in [1.29, 1.82) is 0 Å². The summed E-state index contributed by atoms with van der Waals surface area (Å²) in [6.45, 7) is 2.86. The fourth-order valence-electron chi connectivity index (χ4n) is 2.03. The second-order valence-corrected chi connectivity index (χ2v) is 4.27. The van der Waals surface area contributed by atoms with E-state index in [9.17, 15) is 0 Å². The SMILES string of the molecule is Cc1c(NCc2ccccc2)ccc2n[nH]nc12. The minimum absolute atomic E-state index is 0.811. The Kier molecular flexibility index (Phi) is 2.68. The molecule has 1 heterocycles. The molecule has 4 nitrogen and oxygen atoms in total. The fraction of sp³-hybridized carbons (Fsp3) is 0.143. The maximum absolute atomic E-state index is 4.16. The Labute approximate surface area is 105 Å². The zero-order valence-electron chi connectivity index (χ0n) is 10.1. The second-order valence-electron chi connectivity index (χ2n) is 4.27. The van der Waals surface area contributed by atoms with E-state index in [0.29, 0.717) is 0 Å². The van der Waals surface area contributed by atoms with Gasteiger partial charge in [-0.05, 0) is 24.6 Å². The van der Waals surface area contributed by atoms with Crippen LogP contribution in [0.5, 0.6) is 0 Å². The number of nitrogens with one attached hydrogen (secondary N) is 2. The average Bonchev–Trinajstić information content (AvgIpc) is 2.88. The van der Waals surface area contributed by atoms with Crippen LogP contribution in [0.25, 0.3) is 11.0 Å². The topological polar surface area (TPSA) is 53.6 Å². The van der Waals surface area contributed by atoms with Crippen LogP contribution in [-0.4, -0.2) is 15.4 Å². The summed E-state index contributed by atoms with van der Waals surface area (Å²) in [5.41, 5.74) is 5.31. The monoisotopic (exact) mass is 238 g/mol. The van der Waals surface area contributed by atoms with Crippen molar-refractivity contribution in [2.45, 2.75) is 13.5 Å². The van der Waals surface area contributed by atoms with Crippen LogP contribution in [0.15, 0.2) is 42.5 Å². The molecular weight excluding hydrogens is 224 g/mol. The van der Waals surface area contributed by atoms with Crippen LogP contribution in [0.4, 0.5) is 5.69 Å². The van der Waals surface area contributed by atoms with Gasteiger partial charge in [0.15, 0.2) is 0 Å². The Bertz CT molecular complexity index is 658. The third kappa shape index (κ3) is 1.93. The van der Waals surface area contributed by atoms with Gasteiger partial charge in [-0.2, -0.15) is 15.4 Å². The van der Waals surface area contributed by atoms with Gasteiger partial charge in [-0.15, -0.1) is 0 Å². The Morgan fingerprint density at radius 3 is 2.72 bits per heavy atom. The van der Waals surface area contributed by atoms with Gasteiger partial charge in [-0.25, -0.2) is 0 Å². The zero-order chi connectivity index (χ0) is 12.4.